The summed E-state index contributed by atoms with van der Waals surface area (Å²) in [4.78, 5) is 20.0. The van der Waals surface area contributed by atoms with Crippen LogP contribution in [0.15, 0.2) is 23.6 Å². The summed E-state index contributed by atoms with van der Waals surface area (Å²) in [6, 6.07) is 0. The summed E-state index contributed by atoms with van der Waals surface area (Å²) >= 11 is 0. The Labute approximate surface area is 80.0 Å². The minimum absolute atomic E-state index is 0.289. The molecule has 2 aromatic rings. The van der Waals surface area contributed by atoms with Crippen molar-refractivity contribution in [2.75, 3.05) is 7.05 Å². The fraction of sp³-hybridized carbons (Fsp3) is 0.125. The lowest BCUT2D eigenvalue weighted by Crippen LogP contribution is -2.17. The maximum atomic E-state index is 5.56. The van der Waals surface area contributed by atoms with Gasteiger partial charge in [0.15, 0.2) is 17.3 Å². The molecule has 0 bridgehead atoms. The van der Waals surface area contributed by atoms with Crippen molar-refractivity contribution >= 4 is 17.0 Å². The topological polar surface area (TPSA) is 89.9 Å². The first-order valence-corrected chi connectivity index (χ1v) is 3.97. The van der Waals surface area contributed by atoms with Crippen molar-refractivity contribution in [2.45, 2.75) is 0 Å². The number of fused-ring (bicyclic) bond motifs is 1. The van der Waals surface area contributed by atoms with Gasteiger partial charge in [-0.1, -0.05) is 0 Å². The summed E-state index contributed by atoms with van der Waals surface area (Å²) in [6.07, 6.45) is 4.73. The van der Waals surface area contributed by atoms with E-state index in [9.17, 15) is 0 Å². The molecule has 0 saturated carbocycles. The number of amidine groups is 1. The number of hydrogen-bond acceptors (Lipinski definition) is 5. The van der Waals surface area contributed by atoms with Crippen LogP contribution in [0, 0.1) is 0 Å². The molecule has 0 radical (unpaired) electrons. The van der Waals surface area contributed by atoms with Gasteiger partial charge in [-0.3, -0.25) is 4.99 Å². The third kappa shape index (κ3) is 1.37. The third-order valence-corrected chi connectivity index (χ3v) is 1.70. The second-order valence-corrected chi connectivity index (χ2v) is 2.57. The summed E-state index contributed by atoms with van der Waals surface area (Å²) < 4.78 is 0. The molecular weight excluding hydrogens is 180 g/mol. The Kier molecular flexibility index (Phi) is 2.02. The molecule has 0 fully saturated rings. The summed E-state index contributed by atoms with van der Waals surface area (Å²) in [7, 11) is 1.58. The summed E-state index contributed by atoms with van der Waals surface area (Å²) in [5.74, 6) is 0.665. The molecule has 0 aliphatic heterocycles. The van der Waals surface area contributed by atoms with E-state index in [1.807, 2.05) is 0 Å². The van der Waals surface area contributed by atoms with Crippen molar-refractivity contribution in [3.63, 3.8) is 0 Å². The Morgan fingerprint density at radius 2 is 2.07 bits per heavy atom. The van der Waals surface area contributed by atoms with E-state index in [4.69, 9.17) is 5.73 Å². The molecule has 0 atom stereocenters. The Morgan fingerprint density at radius 1 is 1.29 bits per heavy atom. The van der Waals surface area contributed by atoms with E-state index >= 15 is 0 Å². The Morgan fingerprint density at radius 3 is 2.86 bits per heavy atom. The number of hydrogen-bond donors (Lipinski definition) is 1. The van der Waals surface area contributed by atoms with Crippen molar-refractivity contribution in [1.82, 2.24) is 19.9 Å². The molecular formula is C8H8N6. The number of aliphatic imine (C=N–C) groups is 1. The zero-order valence-electron chi connectivity index (χ0n) is 7.55. The number of nitrogens with zero attached hydrogens (tertiary/aromatic N) is 5. The fourth-order valence-electron chi connectivity index (χ4n) is 0.994. The highest BCUT2D eigenvalue weighted by atomic mass is 15.0. The molecule has 14 heavy (non-hydrogen) atoms. The average molecular weight is 188 g/mol. The van der Waals surface area contributed by atoms with E-state index in [0.29, 0.717) is 17.0 Å². The van der Waals surface area contributed by atoms with Gasteiger partial charge in [-0.25, -0.2) is 19.9 Å². The van der Waals surface area contributed by atoms with Crippen LogP contribution in [-0.4, -0.2) is 32.8 Å². The largest absolute Gasteiger partial charge is 0.381 e. The second-order valence-electron chi connectivity index (χ2n) is 2.57. The molecule has 0 aromatic carbocycles. The smallest absolute Gasteiger partial charge is 0.196 e. The summed E-state index contributed by atoms with van der Waals surface area (Å²) in [6.45, 7) is 0. The highest BCUT2D eigenvalue weighted by Gasteiger charge is 2.03. The summed E-state index contributed by atoms with van der Waals surface area (Å²) in [5, 5.41) is 0. The van der Waals surface area contributed by atoms with Gasteiger partial charge in [0.1, 0.15) is 5.52 Å². The minimum Gasteiger partial charge on any atom is -0.381 e. The second kappa shape index (κ2) is 3.33. The fourth-order valence-corrected chi connectivity index (χ4v) is 0.994. The van der Waals surface area contributed by atoms with Crippen LogP contribution in [0.2, 0.25) is 0 Å². The van der Waals surface area contributed by atoms with Crippen LogP contribution in [0.5, 0.6) is 0 Å². The zero-order chi connectivity index (χ0) is 9.97. The van der Waals surface area contributed by atoms with Crippen molar-refractivity contribution < 1.29 is 0 Å². The van der Waals surface area contributed by atoms with E-state index in [1.54, 1.807) is 25.6 Å². The van der Waals surface area contributed by atoms with Crippen LogP contribution < -0.4 is 5.73 Å². The van der Waals surface area contributed by atoms with Crippen LogP contribution in [0.4, 0.5) is 0 Å². The van der Waals surface area contributed by atoms with Crippen molar-refractivity contribution in [3.8, 4) is 0 Å². The average Bonchev–Trinajstić information content (AvgIpc) is 2.27. The summed E-state index contributed by atoms with van der Waals surface area (Å²) in [5.41, 5.74) is 6.72. The normalized spacial score (nSPS) is 11.9. The van der Waals surface area contributed by atoms with E-state index in [0.717, 1.165) is 0 Å². The molecule has 0 spiro atoms. The van der Waals surface area contributed by atoms with Crippen LogP contribution in [0.1, 0.15) is 5.82 Å². The molecule has 6 nitrogen and oxygen atoms in total. The molecule has 0 amide bonds. The predicted octanol–water partition coefficient (Wildman–Crippen LogP) is -0.245. The predicted molar refractivity (Wildman–Crippen MR) is 51.8 cm³/mol. The minimum atomic E-state index is 0.289. The van der Waals surface area contributed by atoms with Crippen LogP contribution in [0.25, 0.3) is 11.2 Å². The maximum absolute atomic E-state index is 5.56. The van der Waals surface area contributed by atoms with Gasteiger partial charge in [0.05, 0.1) is 6.20 Å². The van der Waals surface area contributed by atoms with Gasteiger partial charge in [0.25, 0.3) is 0 Å². The monoisotopic (exact) mass is 188 g/mol. The first-order chi connectivity index (χ1) is 6.81. The van der Waals surface area contributed by atoms with Crippen LogP contribution >= 0.6 is 0 Å². The van der Waals surface area contributed by atoms with Crippen molar-refractivity contribution in [1.29, 1.82) is 0 Å². The standard InChI is InChI=1S/C8H8N6/c1-10-6(9)8-13-4-5-7(14-8)12-3-2-11-5/h2-4H,1H3,(H2,9,10). The maximum Gasteiger partial charge on any atom is 0.196 e. The Hall–Kier alpha value is -2.11. The van der Waals surface area contributed by atoms with E-state index in [2.05, 4.69) is 24.9 Å². The lowest BCUT2D eigenvalue weighted by Gasteiger charge is -1.98. The van der Waals surface area contributed by atoms with Gasteiger partial charge >= 0.3 is 0 Å². The van der Waals surface area contributed by atoms with Crippen molar-refractivity contribution in [2.24, 2.45) is 10.7 Å². The Balaban J connectivity index is 2.62. The number of nitrogens with two attached hydrogens (primary N) is 1. The highest BCUT2D eigenvalue weighted by molar-refractivity contribution is 5.94. The van der Waals surface area contributed by atoms with Gasteiger partial charge in [0.2, 0.25) is 0 Å². The Bertz CT molecular complexity index is 492. The molecule has 2 aromatic heterocycles. The van der Waals surface area contributed by atoms with Gasteiger partial charge < -0.3 is 5.73 Å². The van der Waals surface area contributed by atoms with Gasteiger partial charge in [-0.05, 0) is 0 Å². The molecule has 70 valence electrons. The third-order valence-electron chi connectivity index (χ3n) is 1.70. The van der Waals surface area contributed by atoms with E-state index < -0.39 is 0 Å². The van der Waals surface area contributed by atoms with Crippen LogP contribution in [0.3, 0.4) is 0 Å². The van der Waals surface area contributed by atoms with E-state index in [1.165, 1.54) is 0 Å². The molecule has 6 heteroatoms. The molecule has 0 aliphatic carbocycles. The first-order valence-electron chi connectivity index (χ1n) is 3.97. The lowest BCUT2D eigenvalue weighted by molar-refractivity contribution is 1.11. The van der Waals surface area contributed by atoms with E-state index in [-0.39, 0.29) is 5.84 Å². The number of rotatable bonds is 1. The van der Waals surface area contributed by atoms with Crippen LogP contribution in [-0.2, 0) is 0 Å². The van der Waals surface area contributed by atoms with Gasteiger partial charge in [-0.2, -0.15) is 0 Å². The molecule has 0 aliphatic rings. The zero-order valence-corrected chi connectivity index (χ0v) is 7.55. The molecule has 2 rings (SSSR count). The molecule has 0 saturated heterocycles. The lowest BCUT2D eigenvalue weighted by atomic mass is 10.4. The van der Waals surface area contributed by atoms with Gasteiger partial charge in [-0.15, -0.1) is 0 Å². The molecule has 0 unspecified atom stereocenters. The molecule has 2 heterocycles. The highest BCUT2D eigenvalue weighted by Crippen LogP contribution is 2.02. The first kappa shape index (κ1) is 8.49. The molecule has 2 N–H and O–H groups in total. The number of aromatic nitrogens is 4. The SMILES string of the molecule is CN=C(N)c1ncc2nccnc2n1. The van der Waals surface area contributed by atoms with Gasteiger partial charge in [0, 0.05) is 19.4 Å². The quantitative estimate of drug-likeness (QED) is 0.492. The van der Waals surface area contributed by atoms with Crippen molar-refractivity contribution in [3.05, 3.63) is 24.4 Å².